The summed E-state index contributed by atoms with van der Waals surface area (Å²) in [6, 6.07) is 11.5. The van der Waals surface area contributed by atoms with Crippen LogP contribution in [-0.4, -0.2) is 10.8 Å². The number of hydrogen-bond donors (Lipinski definition) is 2. The zero-order valence-electron chi connectivity index (χ0n) is 9.56. The van der Waals surface area contributed by atoms with Gasteiger partial charge in [-0.2, -0.15) is 0 Å². The molecule has 0 saturated heterocycles. The molecule has 5 heteroatoms. The Morgan fingerprint density at radius 1 is 1.22 bits per heavy atom. The fourth-order valence-electron chi connectivity index (χ4n) is 1.37. The first kappa shape index (κ1) is 12.9. The second-order valence-corrected chi connectivity index (χ2v) is 5.19. The van der Waals surface area contributed by atoms with Crippen LogP contribution in [0, 0.1) is 5.41 Å². The molecule has 0 aliphatic carbocycles. The fraction of sp³-hybridized carbons (Fsp3) is 0.0769. The van der Waals surface area contributed by atoms with Crippen LogP contribution in [0.25, 0.3) is 0 Å². The van der Waals surface area contributed by atoms with E-state index in [0.29, 0.717) is 5.69 Å². The van der Waals surface area contributed by atoms with E-state index in [4.69, 9.17) is 22.7 Å². The Bertz CT molecular complexity index is 537. The minimum absolute atomic E-state index is 0.00995. The molecule has 92 valence electrons. The van der Waals surface area contributed by atoms with Gasteiger partial charge in [0.1, 0.15) is 11.5 Å². The predicted octanol–water partition coefficient (Wildman–Crippen LogP) is 3.31. The summed E-state index contributed by atoms with van der Waals surface area (Å²) in [6.45, 7) is 0. The molecule has 0 bridgehead atoms. The van der Waals surface area contributed by atoms with E-state index in [-0.39, 0.29) is 5.84 Å². The highest BCUT2D eigenvalue weighted by Crippen LogP contribution is 2.22. The number of nitrogen functional groups attached to an aromatic ring is 1. The standard InChI is InChI=1S/C13H12ClN3S/c14-10-3-1-9(2-4-10)8-18-11-5-6-12(13(15)16)17-7-11/h1-7H,8H2,(H3,15,16). The molecule has 3 nitrogen and oxygen atoms in total. The lowest BCUT2D eigenvalue weighted by atomic mass is 10.2. The molecule has 18 heavy (non-hydrogen) atoms. The fourth-order valence-corrected chi connectivity index (χ4v) is 2.32. The summed E-state index contributed by atoms with van der Waals surface area (Å²) in [5.74, 6) is 0.849. The average molecular weight is 278 g/mol. The molecule has 0 saturated carbocycles. The molecule has 0 radical (unpaired) electrons. The van der Waals surface area contributed by atoms with Crippen molar-refractivity contribution in [3.63, 3.8) is 0 Å². The van der Waals surface area contributed by atoms with Crippen molar-refractivity contribution in [3.05, 3.63) is 58.9 Å². The molecule has 0 unspecified atom stereocenters. The van der Waals surface area contributed by atoms with Crippen LogP contribution < -0.4 is 5.73 Å². The van der Waals surface area contributed by atoms with E-state index in [0.717, 1.165) is 15.7 Å². The van der Waals surface area contributed by atoms with Crippen LogP contribution in [0.15, 0.2) is 47.5 Å². The molecule has 3 N–H and O–H groups in total. The van der Waals surface area contributed by atoms with E-state index in [9.17, 15) is 0 Å². The molecule has 0 aliphatic rings. The van der Waals surface area contributed by atoms with E-state index >= 15 is 0 Å². The summed E-state index contributed by atoms with van der Waals surface area (Å²) in [7, 11) is 0. The number of thioether (sulfide) groups is 1. The van der Waals surface area contributed by atoms with Crippen LogP contribution in [0.5, 0.6) is 0 Å². The maximum Gasteiger partial charge on any atom is 0.141 e. The minimum atomic E-state index is -0.00995. The van der Waals surface area contributed by atoms with Gasteiger partial charge in [0.2, 0.25) is 0 Å². The van der Waals surface area contributed by atoms with Gasteiger partial charge in [-0.3, -0.25) is 10.4 Å². The average Bonchev–Trinajstić information content (AvgIpc) is 2.38. The number of benzene rings is 1. The second-order valence-electron chi connectivity index (χ2n) is 3.71. The van der Waals surface area contributed by atoms with Crippen LogP contribution in [0.2, 0.25) is 5.02 Å². The van der Waals surface area contributed by atoms with E-state index in [2.05, 4.69) is 4.98 Å². The van der Waals surface area contributed by atoms with Crippen LogP contribution in [-0.2, 0) is 5.75 Å². The largest absolute Gasteiger partial charge is 0.382 e. The van der Waals surface area contributed by atoms with Crippen LogP contribution in [0.4, 0.5) is 0 Å². The Balaban J connectivity index is 1.97. The van der Waals surface area contributed by atoms with Gasteiger partial charge in [0.25, 0.3) is 0 Å². The van der Waals surface area contributed by atoms with Gasteiger partial charge < -0.3 is 5.73 Å². The lowest BCUT2D eigenvalue weighted by molar-refractivity contribution is 1.19. The molecule has 0 amide bonds. The number of nitrogens with zero attached hydrogens (tertiary/aromatic N) is 1. The van der Waals surface area contributed by atoms with Crippen molar-refractivity contribution in [3.8, 4) is 0 Å². The SMILES string of the molecule is N=C(N)c1ccc(SCc2ccc(Cl)cc2)cn1. The highest BCUT2D eigenvalue weighted by Gasteiger charge is 2.00. The lowest BCUT2D eigenvalue weighted by Crippen LogP contribution is -2.12. The zero-order chi connectivity index (χ0) is 13.0. The van der Waals surface area contributed by atoms with E-state index < -0.39 is 0 Å². The van der Waals surface area contributed by atoms with Gasteiger partial charge in [0.05, 0.1) is 0 Å². The molecule has 1 aromatic heterocycles. The van der Waals surface area contributed by atoms with Gasteiger partial charge >= 0.3 is 0 Å². The quantitative estimate of drug-likeness (QED) is 0.512. The first-order valence-corrected chi connectivity index (χ1v) is 6.69. The third-order valence-electron chi connectivity index (χ3n) is 2.33. The molecule has 2 rings (SSSR count). The van der Waals surface area contributed by atoms with Crippen molar-refractivity contribution in [2.45, 2.75) is 10.6 Å². The molecule has 1 aromatic carbocycles. The van der Waals surface area contributed by atoms with Gasteiger partial charge in [-0.25, -0.2) is 0 Å². The highest BCUT2D eigenvalue weighted by molar-refractivity contribution is 7.98. The normalized spacial score (nSPS) is 10.3. The molecule has 1 heterocycles. The number of hydrogen-bond acceptors (Lipinski definition) is 3. The lowest BCUT2D eigenvalue weighted by Gasteiger charge is -2.03. The molecular formula is C13H12ClN3S. The van der Waals surface area contributed by atoms with Gasteiger partial charge in [0.15, 0.2) is 0 Å². The predicted molar refractivity (Wildman–Crippen MR) is 76.3 cm³/mol. The van der Waals surface area contributed by atoms with Gasteiger partial charge in [0, 0.05) is 21.9 Å². The maximum absolute atomic E-state index is 7.26. The minimum Gasteiger partial charge on any atom is -0.382 e. The summed E-state index contributed by atoms with van der Waals surface area (Å²) in [4.78, 5) is 5.16. The van der Waals surface area contributed by atoms with Crippen LogP contribution >= 0.6 is 23.4 Å². The van der Waals surface area contributed by atoms with Gasteiger partial charge in [-0.1, -0.05) is 23.7 Å². The Hall–Kier alpha value is -1.52. The summed E-state index contributed by atoms with van der Waals surface area (Å²) < 4.78 is 0. The first-order valence-electron chi connectivity index (χ1n) is 5.33. The number of halogens is 1. The number of nitrogens with one attached hydrogen (secondary N) is 1. The van der Waals surface area contributed by atoms with Crippen LogP contribution in [0.1, 0.15) is 11.3 Å². The maximum atomic E-state index is 7.26. The van der Waals surface area contributed by atoms with E-state index in [1.54, 1.807) is 24.0 Å². The number of amidine groups is 1. The first-order chi connectivity index (χ1) is 8.65. The van der Waals surface area contributed by atoms with Crippen LogP contribution in [0.3, 0.4) is 0 Å². The summed E-state index contributed by atoms with van der Waals surface area (Å²) >= 11 is 7.51. The van der Waals surface area contributed by atoms with Crippen molar-refractivity contribution >= 4 is 29.2 Å². The topological polar surface area (TPSA) is 62.8 Å². The summed E-state index contributed by atoms with van der Waals surface area (Å²) in [5.41, 5.74) is 7.06. The van der Waals surface area contributed by atoms with E-state index in [1.807, 2.05) is 30.3 Å². The summed E-state index contributed by atoms with van der Waals surface area (Å²) in [5, 5.41) is 8.00. The molecule has 2 aromatic rings. The van der Waals surface area contributed by atoms with Gasteiger partial charge in [-0.05, 0) is 29.8 Å². The van der Waals surface area contributed by atoms with E-state index in [1.165, 1.54) is 5.56 Å². The van der Waals surface area contributed by atoms with Crippen molar-refractivity contribution in [2.75, 3.05) is 0 Å². The Kier molecular flexibility index (Phi) is 4.23. The van der Waals surface area contributed by atoms with Crippen molar-refractivity contribution in [1.82, 2.24) is 4.98 Å². The van der Waals surface area contributed by atoms with Crippen molar-refractivity contribution < 1.29 is 0 Å². The number of nitrogens with two attached hydrogens (primary N) is 1. The number of pyridine rings is 1. The number of rotatable bonds is 4. The molecule has 0 spiro atoms. The third kappa shape index (κ3) is 3.48. The van der Waals surface area contributed by atoms with Crippen molar-refractivity contribution in [2.24, 2.45) is 5.73 Å². The molecule has 0 fully saturated rings. The Morgan fingerprint density at radius 2 is 1.94 bits per heavy atom. The molecule has 0 atom stereocenters. The second kappa shape index (κ2) is 5.89. The zero-order valence-corrected chi connectivity index (χ0v) is 11.1. The smallest absolute Gasteiger partial charge is 0.141 e. The third-order valence-corrected chi connectivity index (χ3v) is 3.64. The highest BCUT2D eigenvalue weighted by atomic mass is 35.5. The molecule has 0 aliphatic heterocycles. The van der Waals surface area contributed by atoms with Gasteiger partial charge in [-0.15, -0.1) is 11.8 Å². The monoisotopic (exact) mass is 277 g/mol. The van der Waals surface area contributed by atoms with Crippen molar-refractivity contribution in [1.29, 1.82) is 5.41 Å². The Labute approximate surface area is 115 Å². The number of aromatic nitrogens is 1. The summed E-state index contributed by atoms with van der Waals surface area (Å²) in [6.07, 6.45) is 1.73. The molecular weight excluding hydrogens is 266 g/mol. The Morgan fingerprint density at radius 3 is 2.50 bits per heavy atom.